The van der Waals surface area contributed by atoms with E-state index in [0.717, 1.165) is 22.4 Å². The van der Waals surface area contributed by atoms with Gasteiger partial charge in [-0.2, -0.15) is 0 Å². The van der Waals surface area contributed by atoms with Gasteiger partial charge in [-0.25, -0.2) is 4.79 Å². The molecule has 0 fully saturated rings. The van der Waals surface area contributed by atoms with Crippen molar-refractivity contribution >= 4 is 12.2 Å². The molecule has 1 aliphatic carbocycles. The number of amides is 1. The van der Waals surface area contributed by atoms with Crippen molar-refractivity contribution in [1.82, 2.24) is 4.90 Å². The highest BCUT2D eigenvalue weighted by molar-refractivity contribution is 5.74. The lowest BCUT2D eigenvalue weighted by Crippen LogP contribution is -2.35. The van der Waals surface area contributed by atoms with E-state index in [9.17, 15) is 4.79 Å². The molecule has 7 heteroatoms. The van der Waals surface area contributed by atoms with E-state index in [1.807, 2.05) is 24.3 Å². The van der Waals surface area contributed by atoms with Gasteiger partial charge in [0.2, 0.25) is 0 Å². The smallest absolute Gasteiger partial charge is 0.414 e. The minimum Gasteiger partial charge on any atom is -0.452 e. The van der Waals surface area contributed by atoms with Crippen LogP contribution in [0.5, 0.6) is 0 Å². The average molecular weight is 375 g/mol. The Bertz CT molecular complexity index is 729. The van der Waals surface area contributed by atoms with Crippen molar-refractivity contribution in [3.8, 4) is 0 Å². The standard InChI is InChI=1S/C20H25NO6/c1-23-12-26-10-17-16-9-8-14-6-4-5-7-15(14)19(16)21(20(22)25-3)18(17)11-27-13-24-2/h4-9,16,19H,10-13H2,1-3H3/t16-,19-/m1/s1. The second-order valence-corrected chi connectivity index (χ2v) is 6.28. The molecule has 2 atom stereocenters. The van der Waals surface area contributed by atoms with Crippen LogP contribution in [0.25, 0.3) is 6.08 Å². The summed E-state index contributed by atoms with van der Waals surface area (Å²) in [5.74, 6) is -0.0167. The first-order valence-electron chi connectivity index (χ1n) is 8.72. The predicted molar refractivity (Wildman–Crippen MR) is 98.6 cm³/mol. The van der Waals surface area contributed by atoms with Gasteiger partial charge in [0.05, 0.1) is 32.1 Å². The van der Waals surface area contributed by atoms with Gasteiger partial charge in [0, 0.05) is 20.1 Å². The normalized spacial score (nSPS) is 20.6. The van der Waals surface area contributed by atoms with Crippen LogP contribution in [0.1, 0.15) is 17.2 Å². The highest BCUT2D eigenvalue weighted by Gasteiger charge is 2.45. The summed E-state index contributed by atoms with van der Waals surface area (Å²) in [4.78, 5) is 14.4. The minimum atomic E-state index is -0.423. The number of carbonyl (C=O) groups is 1. The van der Waals surface area contributed by atoms with E-state index in [-0.39, 0.29) is 32.2 Å². The molecular weight excluding hydrogens is 350 g/mol. The lowest BCUT2D eigenvalue weighted by atomic mass is 9.82. The zero-order valence-corrected chi connectivity index (χ0v) is 15.8. The van der Waals surface area contributed by atoms with E-state index in [4.69, 9.17) is 23.7 Å². The first kappa shape index (κ1) is 19.6. The fourth-order valence-corrected chi connectivity index (χ4v) is 3.68. The van der Waals surface area contributed by atoms with E-state index in [2.05, 4.69) is 12.2 Å². The summed E-state index contributed by atoms with van der Waals surface area (Å²) in [5.41, 5.74) is 3.88. The van der Waals surface area contributed by atoms with Crippen LogP contribution in [0.2, 0.25) is 0 Å². The molecule has 0 saturated heterocycles. The molecule has 0 saturated carbocycles. The Morgan fingerprint density at radius 1 is 1.04 bits per heavy atom. The number of nitrogens with zero attached hydrogens (tertiary/aromatic N) is 1. The Hall–Kier alpha value is -2.19. The summed E-state index contributed by atoms with van der Waals surface area (Å²) in [6.45, 7) is 0.858. The zero-order chi connectivity index (χ0) is 19.2. The molecule has 146 valence electrons. The maximum Gasteiger partial charge on any atom is 0.414 e. The third kappa shape index (κ3) is 3.91. The van der Waals surface area contributed by atoms with Crippen molar-refractivity contribution in [3.63, 3.8) is 0 Å². The second kappa shape index (κ2) is 9.14. The zero-order valence-electron chi connectivity index (χ0n) is 15.8. The van der Waals surface area contributed by atoms with Gasteiger partial charge in [-0.05, 0) is 16.7 Å². The Kier molecular flexibility index (Phi) is 6.63. The van der Waals surface area contributed by atoms with Crippen molar-refractivity contribution in [1.29, 1.82) is 0 Å². The first-order valence-corrected chi connectivity index (χ1v) is 8.72. The molecule has 0 N–H and O–H groups in total. The highest BCUT2D eigenvalue weighted by Crippen LogP contribution is 2.48. The van der Waals surface area contributed by atoms with E-state index in [1.54, 1.807) is 19.1 Å². The highest BCUT2D eigenvalue weighted by atomic mass is 16.7. The molecule has 27 heavy (non-hydrogen) atoms. The van der Waals surface area contributed by atoms with Crippen molar-refractivity contribution < 1.29 is 28.5 Å². The quantitative estimate of drug-likeness (QED) is 0.514. The fourth-order valence-electron chi connectivity index (χ4n) is 3.68. The number of ether oxygens (including phenoxy) is 5. The monoisotopic (exact) mass is 375 g/mol. The summed E-state index contributed by atoms with van der Waals surface area (Å²) in [5, 5.41) is 0. The molecule has 1 aromatic carbocycles. The molecule has 1 heterocycles. The lowest BCUT2D eigenvalue weighted by molar-refractivity contribution is -0.0293. The van der Waals surface area contributed by atoms with Gasteiger partial charge in [0.1, 0.15) is 13.6 Å². The number of carbonyl (C=O) groups excluding carboxylic acids is 1. The van der Waals surface area contributed by atoms with Crippen molar-refractivity contribution in [2.24, 2.45) is 5.92 Å². The molecule has 0 spiro atoms. The van der Waals surface area contributed by atoms with Gasteiger partial charge in [0.15, 0.2) is 0 Å². The number of fused-ring (bicyclic) bond motifs is 3. The summed E-state index contributed by atoms with van der Waals surface area (Å²) < 4.78 is 26.3. The first-order chi connectivity index (χ1) is 13.2. The van der Waals surface area contributed by atoms with Crippen LogP contribution >= 0.6 is 0 Å². The number of benzene rings is 1. The topological polar surface area (TPSA) is 66.5 Å². The van der Waals surface area contributed by atoms with Crippen LogP contribution in [0, 0.1) is 5.92 Å². The summed E-state index contributed by atoms with van der Waals surface area (Å²) in [7, 11) is 4.52. The van der Waals surface area contributed by atoms with Crippen LogP contribution in [-0.2, 0) is 23.7 Å². The van der Waals surface area contributed by atoms with E-state index >= 15 is 0 Å². The van der Waals surface area contributed by atoms with Crippen LogP contribution in [0.3, 0.4) is 0 Å². The molecule has 7 nitrogen and oxygen atoms in total. The fraction of sp³-hybridized carbons (Fsp3) is 0.450. The van der Waals surface area contributed by atoms with Gasteiger partial charge in [0.25, 0.3) is 0 Å². The van der Waals surface area contributed by atoms with E-state index < -0.39 is 6.09 Å². The van der Waals surface area contributed by atoms with Crippen molar-refractivity contribution in [2.45, 2.75) is 6.04 Å². The Labute approximate surface area is 159 Å². The van der Waals surface area contributed by atoms with Gasteiger partial charge >= 0.3 is 6.09 Å². The van der Waals surface area contributed by atoms with Crippen molar-refractivity contribution in [3.05, 3.63) is 52.7 Å². The Balaban J connectivity index is 2.01. The van der Waals surface area contributed by atoms with Gasteiger partial charge in [-0.3, -0.25) is 4.90 Å². The van der Waals surface area contributed by atoms with Gasteiger partial charge < -0.3 is 23.7 Å². The molecule has 0 radical (unpaired) electrons. The van der Waals surface area contributed by atoms with Crippen LogP contribution in [-0.4, -0.2) is 59.1 Å². The average Bonchev–Trinajstić information content (AvgIpc) is 3.02. The summed E-state index contributed by atoms with van der Waals surface area (Å²) in [6.07, 6.45) is 3.77. The maximum absolute atomic E-state index is 12.7. The molecule has 3 rings (SSSR count). The molecule has 0 unspecified atom stereocenters. The van der Waals surface area contributed by atoms with Crippen LogP contribution in [0.4, 0.5) is 4.79 Å². The number of hydrogen-bond donors (Lipinski definition) is 0. The molecule has 1 aromatic rings. The molecular formula is C20H25NO6. The maximum atomic E-state index is 12.7. The Morgan fingerprint density at radius 3 is 2.44 bits per heavy atom. The second-order valence-electron chi connectivity index (χ2n) is 6.28. The van der Waals surface area contributed by atoms with E-state index in [1.165, 1.54) is 7.11 Å². The molecule has 2 aliphatic rings. The van der Waals surface area contributed by atoms with Crippen LogP contribution in [0.15, 0.2) is 41.6 Å². The SMILES string of the molecule is COCOCC1=C(COCOC)N(C(=O)OC)[C@@H]2c3ccccc3C=C[C@H]12. The minimum absolute atomic E-state index is 0.0167. The van der Waals surface area contributed by atoms with Gasteiger partial charge in [-0.1, -0.05) is 36.4 Å². The van der Waals surface area contributed by atoms with Crippen LogP contribution < -0.4 is 0 Å². The summed E-state index contributed by atoms with van der Waals surface area (Å²) >= 11 is 0. The largest absolute Gasteiger partial charge is 0.452 e. The molecule has 1 aliphatic heterocycles. The van der Waals surface area contributed by atoms with Gasteiger partial charge in [-0.15, -0.1) is 0 Å². The third-order valence-corrected chi connectivity index (χ3v) is 4.75. The summed E-state index contributed by atoms with van der Waals surface area (Å²) in [6, 6.07) is 7.85. The number of rotatable bonds is 8. The third-order valence-electron chi connectivity index (χ3n) is 4.75. The number of methoxy groups -OCH3 is 3. The molecule has 1 amide bonds. The Morgan fingerprint density at radius 2 is 1.74 bits per heavy atom. The molecule has 0 bridgehead atoms. The number of hydrogen-bond acceptors (Lipinski definition) is 6. The molecule has 0 aromatic heterocycles. The van der Waals surface area contributed by atoms with E-state index in [0.29, 0.717) is 6.61 Å². The predicted octanol–water partition coefficient (Wildman–Crippen LogP) is 2.95. The van der Waals surface area contributed by atoms with Crippen molar-refractivity contribution in [2.75, 3.05) is 48.1 Å². The lowest BCUT2D eigenvalue weighted by Gasteiger charge is -2.32.